The topological polar surface area (TPSA) is 29.3 Å². The van der Waals surface area contributed by atoms with Crippen LogP contribution in [0.4, 0.5) is 17.1 Å². The normalized spacial score (nSPS) is 13.6. The summed E-state index contributed by atoms with van der Waals surface area (Å²) in [5, 5.41) is 4.97. The van der Waals surface area contributed by atoms with E-state index in [0.717, 1.165) is 45.2 Å². The average Bonchev–Trinajstić information content (AvgIpc) is 3.89. The molecule has 2 aliphatic rings. The largest absolute Gasteiger partial charge is 0.435 e. The van der Waals surface area contributed by atoms with Gasteiger partial charge in [-0.2, -0.15) is 0 Å². The molecule has 0 bridgehead atoms. The SMILES string of the molecule is CC1(C)c2ccccc2-c2ccc(N(c3ccc4c(c3)sc3ccccc34)c3ccc4c5c(cccc35)-c3oc(-c5ccccc5)nc3-4)cc21. The van der Waals surface area contributed by atoms with E-state index in [1.54, 1.807) is 0 Å². The minimum Gasteiger partial charge on any atom is -0.435 e. The Labute approximate surface area is 293 Å². The van der Waals surface area contributed by atoms with Crippen LogP contribution >= 0.6 is 11.3 Å². The molecular weight excluding hydrogens is 629 g/mol. The van der Waals surface area contributed by atoms with Crippen LogP contribution in [0.2, 0.25) is 0 Å². The molecule has 0 fully saturated rings. The van der Waals surface area contributed by atoms with Crippen LogP contribution in [0.3, 0.4) is 0 Å². The number of fused-ring (bicyclic) bond motifs is 9. The van der Waals surface area contributed by atoms with E-state index in [4.69, 9.17) is 9.40 Å². The lowest BCUT2D eigenvalue weighted by Gasteiger charge is -2.29. The van der Waals surface area contributed by atoms with E-state index in [2.05, 4.69) is 134 Å². The van der Waals surface area contributed by atoms with Crippen molar-refractivity contribution in [1.82, 2.24) is 4.98 Å². The van der Waals surface area contributed by atoms with Gasteiger partial charge in [0.05, 0.1) is 5.69 Å². The number of benzene rings is 7. The van der Waals surface area contributed by atoms with Crippen molar-refractivity contribution in [3.05, 3.63) is 157 Å². The van der Waals surface area contributed by atoms with E-state index in [9.17, 15) is 0 Å². The van der Waals surface area contributed by atoms with Gasteiger partial charge in [0.15, 0.2) is 5.76 Å². The van der Waals surface area contributed by atoms with E-state index in [-0.39, 0.29) is 5.41 Å². The van der Waals surface area contributed by atoms with Gasteiger partial charge >= 0.3 is 0 Å². The van der Waals surface area contributed by atoms with E-state index >= 15 is 0 Å². The second-order valence-corrected chi connectivity index (χ2v) is 15.0. The molecule has 11 rings (SSSR count). The standard InChI is InChI=1S/C46H30N2OS/c1-46(2)37-17-8-6-13-30(37)31-21-19-28(25-38(31)46)48(29-20-22-33-32-14-7-9-18-40(32)50-41(33)26-29)39-24-23-35-42-34(39)15-10-16-36(42)44-43(35)47-45(49-44)27-11-4-3-5-12-27/h3-26H,1-2H3. The number of hydrogen-bond acceptors (Lipinski definition) is 4. The van der Waals surface area contributed by atoms with Crippen molar-refractivity contribution in [2.24, 2.45) is 0 Å². The molecule has 0 amide bonds. The molecular formula is C46H30N2OS. The number of rotatable bonds is 4. The Morgan fingerprint density at radius 3 is 2.18 bits per heavy atom. The quantitative estimate of drug-likeness (QED) is 0.188. The Bertz CT molecular complexity index is 2830. The highest BCUT2D eigenvalue weighted by molar-refractivity contribution is 7.25. The van der Waals surface area contributed by atoms with Crippen molar-refractivity contribution in [3.63, 3.8) is 0 Å². The lowest BCUT2D eigenvalue weighted by molar-refractivity contribution is 0.590. The van der Waals surface area contributed by atoms with Gasteiger partial charge in [-0.15, -0.1) is 11.3 Å². The monoisotopic (exact) mass is 658 g/mol. The maximum absolute atomic E-state index is 6.51. The third-order valence-corrected chi connectivity index (χ3v) is 12.0. The first-order valence-corrected chi connectivity index (χ1v) is 17.9. The first kappa shape index (κ1) is 27.9. The van der Waals surface area contributed by atoms with Crippen LogP contribution in [0, 0.1) is 0 Å². The first-order valence-electron chi connectivity index (χ1n) is 17.1. The van der Waals surface area contributed by atoms with E-state index in [1.807, 2.05) is 41.7 Å². The molecule has 2 aromatic heterocycles. The van der Waals surface area contributed by atoms with Gasteiger partial charge < -0.3 is 9.32 Å². The van der Waals surface area contributed by atoms with Crippen LogP contribution in [-0.4, -0.2) is 4.98 Å². The predicted octanol–water partition coefficient (Wildman–Crippen LogP) is 13.3. The van der Waals surface area contributed by atoms with Crippen molar-refractivity contribution in [2.75, 3.05) is 4.90 Å². The lowest BCUT2D eigenvalue weighted by atomic mass is 9.82. The average molecular weight is 659 g/mol. The molecule has 0 atom stereocenters. The molecule has 3 nitrogen and oxygen atoms in total. The molecule has 4 heteroatoms. The van der Waals surface area contributed by atoms with Gasteiger partial charge in [-0.1, -0.05) is 105 Å². The van der Waals surface area contributed by atoms with Gasteiger partial charge in [0.1, 0.15) is 5.69 Å². The molecule has 7 aromatic carbocycles. The van der Waals surface area contributed by atoms with Crippen molar-refractivity contribution in [2.45, 2.75) is 19.3 Å². The highest BCUT2D eigenvalue weighted by Gasteiger charge is 2.36. The summed E-state index contributed by atoms with van der Waals surface area (Å²) in [5.74, 6) is 1.50. The van der Waals surface area contributed by atoms with Crippen LogP contribution in [0.1, 0.15) is 25.0 Å². The number of hydrogen-bond donors (Lipinski definition) is 0. The van der Waals surface area contributed by atoms with Gasteiger partial charge in [-0.05, 0) is 76.9 Å². The minimum absolute atomic E-state index is 0.110. The fourth-order valence-corrected chi connectivity index (χ4v) is 9.61. The summed E-state index contributed by atoms with van der Waals surface area (Å²) in [4.78, 5) is 7.50. The summed E-state index contributed by atoms with van der Waals surface area (Å²) in [5.41, 5.74) is 12.8. The zero-order valence-electron chi connectivity index (χ0n) is 27.6. The summed E-state index contributed by atoms with van der Waals surface area (Å²) in [6, 6.07) is 52.8. The summed E-state index contributed by atoms with van der Waals surface area (Å²) < 4.78 is 9.10. The number of thiophene rings is 1. The summed E-state index contributed by atoms with van der Waals surface area (Å²) in [6.45, 7) is 4.71. The summed E-state index contributed by atoms with van der Waals surface area (Å²) in [6.07, 6.45) is 0. The molecule has 0 N–H and O–H groups in total. The molecule has 2 heterocycles. The third-order valence-electron chi connectivity index (χ3n) is 10.9. The summed E-state index contributed by atoms with van der Waals surface area (Å²) >= 11 is 1.86. The number of aromatic nitrogens is 1. The molecule has 9 aromatic rings. The van der Waals surface area contributed by atoms with Gasteiger partial charge in [0, 0.05) is 64.4 Å². The predicted molar refractivity (Wildman–Crippen MR) is 209 cm³/mol. The Morgan fingerprint density at radius 2 is 1.26 bits per heavy atom. The van der Waals surface area contributed by atoms with Crippen LogP contribution in [-0.2, 0) is 5.41 Å². The summed E-state index contributed by atoms with van der Waals surface area (Å²) in [7, 11) is 0. The lowest BCUT2D eigenvalue weighted by Crippen LogP contribution is -2.16. The van der Waals surface area contributed by atoms with Gasteiger partial charge in [-0.3, -0.25) is 0 Å². The van der Waals surface area contributed by atoms with E-state index in [1.165, 1.54) is 53.2 Å². The zero-order valence-corrected chi connectivity index (χ0v) is 28.4. The van der Waals surface area contributed by atoms with Crippen LogP contribution in [0.5, 0.6) is 0 Å². The highest BCUT2D eigenvalue weighted by Crippen LogP contribution is 2.54. The number of oxazole rings is 1. The molecule has 0 unspecified atom stereocenters. The van der Waals surface area contributed by atoms with Crippen molar-refractivity contribution >= 4 is 59.3 Å². The molecule has 0 spiro atoms. The van der Waals surface area contributed by atoms with Crippen molar-refractivity contribution in [3.8, 4) is 45.2 Å². The molecule has 0 saturated carbocycles. The van der Waals surface area contributed by atoms with Crippen LogP contribution in [0.25, 0.3) is 76.1 Å². The fraction of sp³-hybridized carbons (Fsp3) is 0.0652. The molecule has 236 valence electrons. The molecule has 2 aliphatic carbocycles. The van der Waals surface area contributed by atoms with Crippen molar-refractivity contribution in [1.29, 1.82) is 0 Å². The maximum atomic E-state index is 6.51. The molecule has 0 aliphatic heterocycles. The highest BCUT2D eigenvalue weighted by atomic mass is 32.1. The van der Waals surface area contributed by atoms with Crippen LogP contribution < -0.4 is 4.90 Å². The Hall–Kier alpha value is -5.97. The molecule has 50 heavy (non-hydrogen) atoms. The Balaban J connectivity index is 1.14. The molecule has 0 saturated heterocycles. The second-order valence-electron chi connectivity index (χ2n) is 13.9. The van der Waals surface area contributed by atoms with E-state index < -0.39 is 0 Å². The minimum atomic E-state index is -0.110. The fourth-order valence-electron chi connectivity index (χ4n) is 8.47. The Kier molecular flexibility index (Phi) is 5.61. The zero-order chi connectivity index (χ0) is 33.1. The second kappa shape index (κ2) is 10.0. The maximum Gasteiger partial charge on any atom is 0.227 e. The number of anilines is 3. The first-order chi connectivity index (χ1) is 24.5. The number of nitrogens with zero attached hydrogens (tertiary/aromatic N) is 2. The third kappa shape index (κ3) is 3.77. The van der Waals surface area contributed by atoms with Gasteiger partial charge in [-0.25, -0.2) is 4.98 Å². The van der Waals surface area contributed by atoms with Crippen LogP contribution in [0.15, 0.2) is 150 Å². The van der Waals surface area contributed by atoms with Crippen molar-refractivity contribution < 1.29 is 4.42 Å². The Morgan fingerprint density at radius 1 is 0.560 bits per heavy atom. The molecule has 0 radical (unpaired) electrons. The van der Waals surface area contributed by atoms with Gasteiger partial charge in [0.25, 0.3) is 0 Å². The smallest absolute Gasteiger partial charge is 0.227 e. The van der Waals surface area contributed by atoms with Gasteiger partial charge in [0.2, 0.25) is 5.89 Å². The van der Waals surface area contributed by atoms with E-state index in [0.29, 0.717) is 5.89 Å².